The molecule has 7 nitrogen and oxygen atoms in total. The number of piperidine rings is 1. The summed E-state index contributed by atoms with van der Waals surface area (Å²) in [5, 5.41) is 6.04. The summed E-state index contributed by atoms with van der Waals surface area (Å²) < 4.78 is 26.7. The van der Waals surface area contributed by atoms with Gasteiger partial charge in [0.2, 0.25) is 10.0 Å². The number of aromatic nitrogens is 2. The Morgan fingerprint density at radius 1 is 1.53 bits per heavy atom. The van der Waals surface area contributed by atoms with Crippen molar-refractivity contribution in [3.63, 3.8) is 0 Å². The van der Waals surface area contributed by atoms with Gasteiger partial charge in [0, 0.05) is 6.04 Å². The smallest absolute Gasteiger partial charge is 0.246 e. The van der Waals surface area contributed by atoms with E-state index in [1.165, 1.54) is 6.20 Å². The first-order valence-corrected chi connectivity index (χ1v) is 6.97. The molecule has 0 bridgehead atoms. The minimum Gasteiger partial charge on any atom is -0.383 e. The van der Waals surface area contributed by atoms with Crippen LogP contribution in [0.15, 0.2) is 11.1 Å². The maximum Gasteiger partial charge on any atom is 0.246 e. The van der Waals surface area contributed by atoms with Gasteiger partial charge in [-0.1, -0.05) is 0 Å². The van der Waals surface area contributed by atoms with Gasteiger partial charge in [0.05, 0.1) is 6.20 Å². The first-order valence-electron chi connectivity index (χ1n) is 5.49. The van der Waals surface area contributed by atoms with Crippen LogP contribution in [0.4, 0.5) is 5.82 Å². The van der Waals surface area contributed by atoms with Crippen LogP contribution >= 0.6 is 0 Å². The maximum absolute atomic E-state index is 12.0. The Labute approximate surface area is 100 Å². The van der Waals surface area contributed by atoms with Crippen molar-refractivity contribution < 1.29 is 8.42 Å². The number of rotatable bonds is 3. The van der Waals surface area contributed by atoms with Gasteiger partial charge in [-0.25, -0.2) is 13.1 Å². The lowest BCUT2D eigenvalue weighted by Crippen LogP contribution is -2.43. The zero-order valence-electron chi connectivity index (χ0n) is 9.68. The second kappa shape index (κ2) is 4.63. The molecule has 0 saturated carbocycles. The second-order valence-corrected chi connectivity index (χ2v) is 6.03. The Balaban J connectivity index is 2.06. The number of sulfonamides is 1. The lowest BCUT2D eigenvalue weighted by atomic mass is 10.1. The van der Waals surface area contributed by atoms with Gasteiger partial charge >= 0.3 is 0 Å². The highest BCUT2D eigenvalue weighted by atomic mass is 32.2. The molecule has 2 rings (SSSR count). The third-order valence-electron chi connectivity index (χ3n) is 2.96. The number of nitrogens with zero attached hydrogens (tertiary/aromatic N) is 2. The van der Waals surface area contributed by atoms with E-state index < -0.39 is 10.0 Å². The molecule has 1 aliphatic rings. The molecule has 0 unspecified atom stereocenters. The number of nitrogens with one attached hydrogen (secondary N) is 2. The monoisotopic (exact) mass is 259 g/mol. The molecule has 17 heavy (non-hydrogen) atoms. The van der Waals surface area contributed by atoms with Crippen LogP contribution < -0.4 is 10.5 Å². The van der Waals surface area contributed by atoms with Gasteiger partial charge in [-0.05, 0) is 33.0 Å². The van der Waals surface area contributed by atoms with E-state index in [1.807, 2.05) is 7.05 Å². The summed E-state index contributed by atoms with van der Waals surface area (Å²) in [6.07, 6.45) is 2.85. The van der Waals surface area contributed by atoms with Gasteiger partial charge in [-0.3, -0.25) is 5.10 Å². The van der Waals surface area contributed by atoms with Crippen LogP contribution in [-0.2, 0) is 10.0 Å². The van der Waals surface area contributed by atoms with Crippen molar-refractivity contribution in [1.29, 1.82) is 0 Å². The van der Waals surface area contributed by atoms with Crippen molar-refractivity contribution in [2.45, 2.75) is 23.8 Å². The summed E-state index contributed by atoms with van der Waals surface area (Å²) in [5.74, 6) is 0.0745. The third kappa shape index (κ3) is 2.76. The predicted molar refractivity (Wildman–Crippen MR) is 63.8 cm³/mol. The van der Waals surface area contributed by atoms with Crippen molar-refractivity contribution in [3.8, 4) is 0 Å². The van der Waals surface area contributed by atoms with E-state index >= 15 is 0 Å². The van der Waals surface area contributed by atoms with Crippen molar-refractivity contribution in [1.82, 2.24) is 19.8 Å². The molecule has 4 N–H and O–H groups in total. The summed E-state index contributed by atoms with van der Waals surface area (Å²) >= 11 is 0. The molecule has 0 aliphatic carbocycles. The van der Waals surface area contributed by atoms with Crippen molar-refractivity contribution in [3.05, 3.63) is 6.20 Å². The highest BCUT2D eigenvalue weighted by Crippen LogP contribution is 2.17. The SMILES string of the molecule is CN1CCC(NS(=O)(=O)c2cn[nH]c2N)CC1. The molecule has 1 saturated heterocycles. The number of H-pyrrole nitrogens is 1. The normalized spacial score (nSPS) is 19.6. The fraction of sp³-hybridized carbons (Fsp3) is 0.667. The number of anilines is 1. The number of likely N-dealkylation sites (tertiary alicyclic amines) is 1. The Morgan fingerprint density at radius 2 is 2.18 bits per heavy atom. The number of nitrogens with two attached hydrogens (primary N) is 1. The molecule has 0 radical (unpaired) electrons. The van der Waals surface area contributed by atoms with Crippen molar-refractivity contribution in [2.75, 3.05) is 25.9 Å². The van der Waals surface area contributed by atoms with Crippen LogP contribution in [0.25, 0.3) is 0 Å². The van der Waals surface area contributed by atoms with Crippen LogP contribution in [0, 0.1) is 0 Å². The van der Waals surface area contributed by atoms with Gasteiger partial charge in [0.25, 0.3) is 0 Å². The Bertz CT molecular complexity index is 475. The van der Waals surface area contributed by atoms with E-state index in [-0.39, 0.29) is 16.8 Å². The molecule has 2 heterocycles. The van der Waals surface area contributed by atoms with Crippen LogP contribution in [-0.4, -0.2) is 49.7 Å². The summed E-state index contributed by atoms with van der Waals surface area (Å²) in [7, 11) is -1.53. The highest BCUT2D eigenvalue weighted by Gasteiger charge is 2.25. The average molecular weight is 259 g/mol. The van der Waals surface area contributed by atoms with E-state index in [2.05, 4.69) is 19.8 Å². The lowest BCUT2D eigenvalue weighted by Gasteiger charge is -2.29. The summed E-state index contributed by atoms with van der Waals surface area (Å²) in [6.45, 7) is 1.79. The van der Waals surface area contributed by atoms with Crippen LogP contribution in [0.5, 0.6) is 0 Å². The van der Waals surface area contributed by atoms with Crippen LogP contribution in [0.2, 0.25) is 0 Å². The van der Waals surface area contributed by atoms with Gasteiger partial charge in [0.15, 0.2) is 0 Å². The second-order valence-electron chi connectivity index (χ2n) is 4.35. The van der Waals surface area contributed by atoms with Gasteiger partial charge in [-0.2, -0.15) is 5.10 Å². The molecule has 0 amide bonds. The topological polar surface area (TPSA) is 104 Å². The van der Waals surface area contributed by atoms with E-state index in [9.17, 15) is 8.42 Å². The molecule has 8 heteroatoms. The average Bonchev–Trinajstić information content (AvgIpc) is 2.68. The van der Waals surface area contributed by atoms with Crippen molar-refractivity contribution in [2.24, 2.45) is 0 Å². The largest absolute Gasteiger partial charge is 0.383 e. The molecule has 0 atom stereocenters. The number of nitrogen functional groups attached to an aromatic ring is 1. The predicted octanol–water partition coefficient (Wildman–Crippen LogP) is -0.636. The summed E-state index contributed by atoms with van der Waals surface area (Å²) in [6, 6.07) is -0.0227. The van der Waals surface area contributed by atoms with Gasteiger partial charge < -0.3 is 10.6 Å². The molecular weight excluding hydrogens is 242 g/mol. The highest BCUT2D eigenvalue weighted by molar-refractivity contribution is 7.89. The van der Waals surface area contributed by atoms with Gasteiger partial charge in [0.1, 0.15) is 10.7 Å². The molecule has 1 aromatic heterocycles. The maximum atomic E-state index is 12.0. The fourth-order valence-corrected chi connectivity index (χ4v) is 3.24. The zero-order valence-corrected chi connectivity index (χ0v) is 10.5. The quantitative estimate of drug-likeness (QED) is 0.670. The summed E-state index contributed by atoms with van der Waals surface area (Å²) in [5.41, 5.74) is 5.51. The van der Waals surface area contributed by atoms with Gasteiger partial charge in [-0.15, -0.1) is 0 Å². The molecule has 1 aromatic rings. The molecular formula is C9H17N5O2S. The molecule has 96 valence electrons. The van der Waals surface area contributed by atoms with E-state index in [0.717, 1.165) is 25.9 Å². The number of aromatic amines is 1. The Kier molecular flexibility index (Phi) is 3.36. The minimum absolute atomic E-state index is 0.0227. The van der Waals surface area contributed by atoms with Crippen LogP contribution in [0.3, 0.4) is 0 Å². The van der Waals surface area contributed by atoms with E-state index in [1.54, 1.807) is 0 Å². The third-order valence-corrected chi connectivity index (χ3v) is 4.51. The molecule has 0 spiro atoms. The van der Waals surface area contributed by atoms with E-state index in [4.69, 9.17) is 5.73 Å². The molecule has 1 aliphatic heterocycles. The number of hydrogen-bond acceptors (Lipinski definition) is 5. The minimum atomic E-state index is -3.55. The van der Waals surface area contributed by atoms with Crippen LogP contribution in [0.1, 0.15) is 12.8 Å². The lowest BCUT2D eigenvalue weighted by molar-refractivity contribution is 0.248. The van der Waals surface area contributed by atoms with Crippen molar-refractivity contribution >= 4 is 15.8 Å². The van der Waals surface area contributed by atoms with E-state index in [0.29, 0.717) is 0 Å². The zero-order chi connectivity index (χ0) is 12.5. The fourth-order valence-electron chi connectivity index (χ4n) is 1.91. The number of hydrogen-bond donors (Lipinski definition) is 3. The summed E-state index contributed by atoms with van der Waals surface area (Å²) in [4.78, 5) is 2.20. The Hall–Kier alpha value is -1.12. The molecule has 0 aromatic carbocycles. The molecule has 1 fully saturated rings. The first-order chi connectivity index (χ1) is 7.99. The first kappa shape index (κ1) is 12.3. The Morgan fingerprint density at radius 3 is 2.71 bits per heavy atom. The standard InChI is InChI=1S/C9H17N5O2S/c1-14-4-2-7(3-5-14)13-17(15,16)8-6-11-12-9(8)10/h6-7,13H,2-5H2,1H3,(H3,10,11,12).